The van der Waals surface area contributed by atoms with E-state index in [1.165, 1.54) is 11.1 Å². The first kappa shape index (κ1) is 23.2. The summed E-state index contributed by atoms with van der Waals surface area (Å²) in [4.78, 5) is 19.6. The van der Waals surface area contributed by atoms with E-state index in [2.05, 4.69) is 98.7 Å². The molecule has 0 spiro atoms. The maximum absolute atomic E-state index is 14.9. The van der Waals surface area contributed by atoms with Crippen LogP contribution < -0.4 is 0 Å². The summed E-state index contributed by atoms with van der Waals surface area (Å²) in [6.07, 6.45) is 8.12. The quantitative estimate of drug-likeness (QED) is 0.607. The van der Waals surface area contributed by atoms with Crippen LogP contribution in [0.15, 0.2) is 60.7 Å². The summed E-state index contributed by atoms with van der Waals surface area (Å²) in [6.45, 7) is 0. The largest absolute Gasteiger partial charge is 0.306 e. The van der Waals surface area contributed by atoms with Gasteiger partial charge in [-0.05, 0) is 90.7 Å². The molecule has 0 atom stereocenters. The molecule has 2 aromatic rings. The van der Waals surface area contributed by atoms with Crippen LogP contribution in [0.2, 0.25) is 0 Å². The summed E-state index contributed by atoms with van der Waals surface area (Å²) in [5.74, 6) is 0.483. The van der Waals surface area contributed by atoms with Gasteiger partial charge in [-0.15, -0.1) is 0 Å². The summed E-state index contributed by atoms with van der Waals surface area (Å²) in [6, 6.07) is 22.5. The van der Waals surface area contributed by atoms with Crippen molar-refractivity contribution in [1.29, 1.82) is 0 Å². The highest BCUT2D eigenvalue weighted by molar-refractivity contribution is 5.99. The van der Waals surface area contributed by atoms with Crippen molar-refractivity contribution in [2.45, 2.75) is 74.3 Å². The van der Waals surface area contributed by atoms with E-state index in [1.807, 2.05) is 0 Å². The van der Waals surface area contributed by atoms with Gasteiger partial charge in [-0.2, -0.15) is 0 Å². The second kappa shape index (κ2) is 9.49. The number of nitrogens with zero attached hydrogens (tertiary/aromatic N) is 2. The number of benzene rings is 2. The molecular weight excluding hydrogens is 392 g/mol. The maximum atomic E-state index is 14.9. The van der Waals surface area contributed by atoms with Crippen molar-refractivity contribution in [3.8, 4) is 0 Å². The molecular formula is C29H40N2O. The topological polar surface area (TPSA) is 23.6 Å². The fraction of sp³-hybridized carbons (Fsp3) is 0.552. The molecule has 0 radical (unpaired) electrons. The number of hydrogen-bond donors (Lipinski definition) is 0. The fourth-order valence-corrected chi connectivity index (χ4v) is 6.49. The van der Waals surface area contributed by atoms with E-state index < -0.39 is 0 Å². The highest BCUT2D eigenvalue weighted by Crippen LogP contribution is 2.51. The van der Waals surface area contributed by atoms with E-state index in [0.29, 0.717) is 17.9 Å². The Kier molecular flexibility index (Phi) is 6.88. The highest BCUT2D eigenvalue weighted by atomic mass is 16.1. The number of carbonyl (C=O) groups excluding carboxylic acids is 1. The zero-order valence-electron chi connectivity index (χ0n) is 20.4. The van der Waals surface area contributed by atoms with Crippen LogP contribution in [0.3, 0.4) is 0 Å². The van der Waals surface area contributed by atoms with Crippen molar-refractivity contribution >= 4 is 5.78 Å². The van der Waals surface area contributed by atoms with Gasteiger partial charge in [0.25, 0.3) is 0 Å². The molecule has 0 heterocycles. The van der Waals surface area contributed by atoms with Crippen molar-refractivity contribution in [3.05, 3.63) is 71.8 Å². The predicted molar refractivity (Wildman–Crippen MR) is 133 cm³/mol. The Hall–Kier alpha value is -1.97. The Bertz CT molecular complexity index is 800. The number of carbonyl (C=O) groups is 1. The predicted octanol–water partition coefficient (Wildman–Crippen LogP) is 5.44. The van der Waals surface area contributed by atoms with Crippen molar-refractivity contribution in [3.63, 3.8) is 0 Å². The first-order chi connectivity index (χ1) is 15.4. The van der Waals surface area contributed by atoms with Crippen LogP contribution >= 0.6 is 0 Å². The summed E-state index contributed by atoms with van der Waals surface area (Å²) in [5.41, 5.74) is 1.70. The Balaban J connectivity index is 1.76. The molecule has 172 valence electrons. The van der Waals surface area contributed by atoms with Crippen LogP contribution in [0.25, 0.3) is 0 Å². The van der Waals surface area contributed by atoms with Crippen LogP contribution in [0.1, 0.15) is 62.5 Å². The van der Waals surface area contributed by atoms with E-state index >= 15 is 0 Å². The van der Waals surface area contributed by atoms with E-state index in [0.717, 1.165) is 51.4 Å². The lowest BCUT2D eigenvalue weighted by Gasteiger charge is -2.49. The maximum Gasteiger partial charge on any atom is 0.153 e. The summed E-state index contributed by atoms with van der Waals surface area (Å²) < 4.78 is 0. The molecule has 0 aliphatic heterocycles. The Morgan fingerprint density at radius 3 is 1.22 bits per heavy atom. The zero-order valence-corrected chi connectivity index (χ0v) is 20.4. The lowest BCUT2D eigenvalue weighted by atomic mass is 9.54. The first-order valence-electron chi connectivity index (χ1n) is 12.4. The Labute approximate surface area is 194 Å². The van der Waals surface area contributed by atoms with Gasteiger partial charge >= 0.3 is 0 Å². The molecule has 3 heteroatoms. The molecule has 2 aliphatic rings. The molecule has 0 unspecified atom stereocenters. The van der Waals surface area contributed by atoms with Gasteiger partial charge < -0.3 is 9.80 Å². The van der Waals surface area contributed by atoms with E-state index in [-0.39, 0.29) is 10.8 Å². The molecule has 2 fully saturated rings. The Morgan fingerprint density at radius 1 is 0.625 bits per heavy atom. The highest BCUT2D eigenvalue weighted by Gasteiger charge is 2.54. The average Bonchev–Trinajstić information content (AvgIpc) is 2.84. The molecule has 0 amide bonds. The van der Waals surface area contributed by atoms with Gasteiger partial charge in [0.05, 0.1) is 10.8 Å². The van der Waals surface area contributed by atoms with E-state index in [9.17, 15) is 4.79 Å². The fourth-order valence-electron chi connectivity index (χ4n) is 6.49. The zero-order chi connectivity index (χ0) is 22.8. The van der Waals surface area contributed by atoms with E-state index in [1.54, 1.807) is 0 Å². The van der Waals surface area contributed by atoms with Crippen LogP contribution in [0.4, 0.5) is 0 Å². The molecule has 0 saturated heterocycles. The third-order valence-corrected chi connectivity index (χ3v) is 8.60. The van der Waals surface area contributed by atoms with Gasteiger partial charge in [0.2, 0.25) is 0 Å². The third-order valence-electron chi connectivity index (χ3n) is 8.60. The van der Waals surface area contributed by atoms with Gasteiger partial charge in [-0.1, -0.05) is 60.7 Å². The van der Waals surface area contributed by atoms with Crippen LogP contribution in [0, 0.1) is 0 Å². The molecule has 0 N–H and O–H groups in total. The normalized spacial score (nSPS) is 31.1. The molecule has 3 nitrogen and oxygen atoms in total. The molecule has 4 rings (SSSR count). The van der Waals surface area contributed by atoms with Crippen molar-refractivity contribution in [2.24, 2.45) is 0 Å². The molecule has 2 aliphatic carbocycles. The summed E-state index contributed by atoms with van der Waals surface area (Å²) in [5, 5.41) is 0. The number of hydrogen-bond acceptors (Lipinski definition) is 3. The first-order valence-corrected chi connectivity index (χ1v) is 12.4. The summed E-state index contributed by atoms with van der Waals surface area (Å²) in [7, 11) is 8.71. The third kappa shape index (κ3) is 4.18. The minimum Gasteiger partial charge on any atom is -0.306 e. The second-order valence-corrected chi connectivity index (χ2v) is 10.6. The van der Waals surface area contributed by atoms with Crippen molar-refractivity contribution < 1.29 is 4.79 Å². The minimum atomic E-state index is -0.380. The van der Waals surface area contributed by atoms with Crippen LogP contribution in [0.5, 0.6) is 0 Å². The summed E-state index contributed by atoms with van der Waals surface area (Å²) >= 11 is 0. The molecule has 0 bridgehead atoms. The van der Waals surface area contributed by atoms with Gasteiger partial charge in [0.1, 0.15) is 0 Å². The number of ketones is 1. The second-order valence-electron chi connectivity index (χ2n) is 10.6. The van der Waals surface area contributed by atoms with E-state index in [4.69, 9.17) is 0 Å². The Morgan fingerprint density at radius 2 is 0.938 bits per heavy atom. The molecule has 0 aromatic heterocycles. The van der Waals surface area contributed by atoms with Gasteiger partial charge in [0.15, 0.2) is 5.78 Å². The molecule has 2 saturated carbocycles. The standard InChI is InChI=1S/C29H40N2O/c1-30(2)25-15-19-28(20-16-25,23-11-7-5-8-12-23)27(32)29(24-13-9-6-10-14-24)21-17-26(18-22-29)31(3)4/h5-14,25-26H,15-22H2,1-4H3. The number of rotatable bonds is 6. The molecule has 32 heavy (non-hydrogen) atoms. The molecule has 2 aromatic carbocycles. The smallest absolute Gasteiger partial charge is 0.153 e. The lowest BCUT2D eigenvalue weighted by Crippen LogP contribution is -2.54. The van der Waals surface area contributed by atoms with Crippen molar-refractivity contribution in [2.75, 3.05) is 28.2 Å². The van der Waals surface area contributed by atoms with Gasteiger partial charge in [-0.3, -0.25) is 4.79 Å². The minimum absolute atomic E-state index is 0.380. The number of Topliss-reactive ketones (excluding diaryl/α,β-unsaturated/α-hetero) is 1. The van der Waals surface area contributed by atoms with Gasteiger partial charge in [-0.25, -0.2) is 0 Å². The van der Waals surface area contributed by atoms with Crippen molar-refractivity contribution in [1.82, 2.24) is 9.80 Å². The SMILES string of the molecule is CN(C)C1CCC(C(=O)C2(c3ccccc3)CCC(N(C)C)CC2)(c2ccccc2)CC1. The van der Waals surface area contributed by atoms with Crippen LogP contribution in [-0.2, 0) is 15.6 Å². The van der Waals surface area contributed by atoms with Gasteiger partial charge in [0, 0.05) is 12.1 Å². The lowest BCUT2D eigenvalue weighted by molar-refractivity contribution is -0.134. The monoisotopic (exact) mass is 432 g/mol. The average molecular weight is 433 g/mol. The van der Waals surface area contributed by atoms with Crippen LogP contribution in [-0.4, -0.2) is 55.9 Å².